The van der Waals surface area contributed by atoms with Crippen LogP contribution in [0.1, 0.15) is 16.7 Å². The molecule has 2 aliphatic heterocycles. The second-order valence-electron chi connectivity index (χ2n) is 6.75. The van der Waals surface area contributed by atoms with Crippen LogP contribution in [0.5, 0.6) is 0 Å². The third-order valence-electron chi connectivity index (χ3n) is 5.10. The largest absolute Gasteiger partial charge is 0.278 e. The maximum absolute atomic E-state index is 4.64. The van der Waals surface area contributed by atoms with Crippen LogP contribution in [0.4, 0.5) is 0 Å². The smallest absolute Gasteiger partial charge is 0.0894 e. The molecule has 26 heavy (non-hydrogen) atoms. The Balaban J connectivity index is 1.52. The molecule has 2 heterocycles. The molecule has 0 bridgehead atoms. The van der Waals surface area contributed by atoms with E-state index in [4.69, 9.17) is 0 Å². The van der Waals surface area contributed by atoms with Crippen LogP contribution in [0.15, 0.2) is 101 Å². The molecule has 2 aliphatic rings. The molecule has 0 unspecified atom stereocenters. The van der Waals surface area contributed by atoms with Crippen LogP contribution < -0.4 is 0 Å². The van der Waals surface area contributed by atoms with Crippen molar-refractivity contribution in [3.05, 3.63) is 108 Å². The van der Waals surface area contributed by atoms with E-state index in [1.807, 2.05) is 12.1 Å². The van der Waals surface area contributed by atoms with E-state index in [0.29, 0.717) is 12.1 Å². The number of fused-ring (bicyclic) bond motifs is 1. The van der Waals surface area contributed by atoms with Crippen molar-refractivity contribution < 1.29 is 0 Å². The van der Waals surface area contributed by atoms with Crippen molar-refractivity contribution in [1.29, 1.82) is 0 Å². The van der Waals surface area contributed by atoms with Gasteiger partial charge in [-0.3, -0.25) is 4.90 Å². The molecule has 0 spiro atoms. The van der Waals surface area contributed by atoms with Crippen LogP contribution in [0.2, 0.25) is 0 Å². The lowest BCUT2D eigenvalue weighted by atomic mass is 9.99. The topological polar surface area (TPSA) is 27.7 Å². The first-order valence-electron chi connectivity index (χ1n) is 8.98. The van der Waals surface area contributed by atoms with Gasteiger partial charge in [-0.2, -0.15) is 10.2 Å². The summed E-state index contributed by atoms with van der Waals surface area (Å²) in [7, 11) is 0. The molecule has 1 saturated heterocycles. The average Bonchev–Trinajstić information content (AvgIpc) is 3.43. The maximum Gasteiger partial charge on any atom is 0.0894 e. The van der Waals surface area contributed by atoms with Crippen LogP contribution in [0.25, 0.3) is 0 Å². The van der Waals surface area contributed by atoms with Gasteiger partial charge in [0, 0.05) is 6.54 Å². The summed E-state index contributed by atoms with van der Waals surface area (Å²) in [5.41, 5.74) is 5.79. The van der Waals surface area contributed by atoms with E-state index >= 15 is 0 Å². The minimum atomic E-state index is 0.297. The van der Waals surface area contributed by atoms with E-state index in [1.165, 1.54) is 5.56 Å². The predicted molar refractivity (Wildman–Crippen MR) is 106 cm³/mol. The molecule has 1 fully saturated rings. The Hall–Kier alpha value is -3.04. The van der Waals surface area contributed by atoms with Gasteiger partial charge in [0.15, 0.2) is 0 Å². The van der Waals surface area contributed by atoms with E-state index in [-0.39, 0.29) is 0 Å². The van der Waals surface area contributed by atoms with Gasteiger partial charge in [0.25, 0.3) is 0 Å². The molecule has 0 aromatic heterocycles. The van der Waals surface area contributed by atoms with Crippen molar-refractivity contribution in [2.24, 2.45) is 10.2 Å². The third-order valence-corrected chi connectivity index (χ3v) is 5.10. The first kappa shape index (κ1) is 15.2. The van der Waals surface area contributed by atoms with Crippen molar-refractivity contribution in [2.45, 2.75) is 18.6 Å². The van der Waals surface area contributed by atoms with E-state index < -0.39 is 0 Å². The van der Waals surface area contributed by atoms with E-state index in [9.17, 15) is 0 Å². The second-order valence-corrected chi connectivity index (χ2v) is 6.75. The Kier molecular flexibility index (Phi) is 3.72. The Morgan fingerprint density at radius 3 is 1.46 bits per heavy atom. The minimum absolute atomic E-state index is 0.297. The summed E-state index contributed by atoms with van der Waals surface area (Å²) >= 11 is 0. The molecule has 3 aromatic rings. The molecule has 2 atom stereocenters. The number of hydrogen-bond acceptors (Lipinski definition) is 3. The fourth-order valence-corrected chi connectivity index (χ4v) is 3.78. The van der Waals surface area contributed by atoms with Gasteiger partial charge in [0.2, 0.25) is 0 Å². The number of nitrogens with zero attached hydrogens (tertiary/aromatic N) is 3. The quantitative estimate of drug-likeness (QED) is 0.657. The molecule has 0 radical (unpaired) electrons. The van der Waals surface area contributed by atoms with Crippen molar-refractivity contribution in [3.8, 4) is 0 Å². The molecular formula is C23H19N3. The third kappa shape index (κ3) is 2.67. The summed E-state index contributed by atoms with van der Waals surface area (Å²) in [4.78, 5) is 2.49. The normalized spacial score (nSPS) is 23.6. The van der Waals surface area contributed by atoms with Gasteiger partial charge < -0.3 is 0 Å². The zero-order valence-corrected chi connectivity index (χ0v) is 14.4. The summed E-state index contributed by atoms with van der Waals surface area (Å²) in [5.74, 6) is 0. The molecule has 3 aromatic carbocycles. The monoisotopic (exact) mass is 337 g/mol. The van der Waals surface area contributed by atoms with E-state index in [2.05, 4.69) is 94.0 Å². The average molecular weight is 337 g/mol. The number of hydrogen-bond donors (Lipinski definition) is 0. The SMILES string of the molecule is c1ccc(CN2[C@H]3C(c4ccccc4)=NN=C(c4ccccc4)[C@@H]32)cc1. The highest BCUT2D eigenvalue weighted by Crippen LogP contribution is 2.39. The van der Waals surface area contributed by atoms with E-state index in [1.54, 1.807) is 0 Å². The Morgan fingerprint density at radius 1 is 0.577 bits per heavy atom. The fourth-order valence-electron chi connectivity index (χ4n) is 3.78. The summed E-state index contributed by atoms with van der Waals surface area (Å²) in [5, 5.41) is 9.27. The summed E-state index contributed by atoms with van der Waals surface area (Å²) < 4.78 is 0. The van der Waals surface area contributed by atoms with Gasteiger partial charge in [0.1, 0.15) is 0 Å². The lowest BCUT2D eigenvalue weighted by molar-refractivity contribution is 0.522. The number of rotatable bonds is 4. The number of benzene rings is 3. The van der Waals surface area contributed by atoms with Crippen LogP contribution in [0.3, 0.4) is 0 Å². The minimum Gasteiger partial charge on any atom is -0.278 e. The molecule has 3 heteroatoms. The van der Waals surface area contributed by atoms with Crippen molar-refractivity contribution in [3.63, 3.8) is 0 Å². The van der Waals surface area contributed by atoms with Gasteiger partial charge >= 0.3 is 0 Å². The Morgan fingerprint density at radius 2 is 1.00 bits per heavy atom. The van der Waals surface area contributed by atoms with E-state index in [0.717, 1.165) is 29.1 Å². The summed E-state index contributed by atoms with van der Waals surface area (Å²) in [6.07, 6.45) is 0. The molecule has 0 amide bonds. The lowest BCUT2D eigenvalue weighted by Gasteiger charge is -2.10. The second kappa shape index (κ2) is 6.36. The van der Waals surface area contributed by atoms with Crippen LogP contribution in [-0.2, 0) is 6.54 Å². The Labute approximate surface area is 153 Å². The Bertz CT molecular complexity index is 901. The fraction of sp³-hybridized carbons (Fsp3) is 0.130. The molecule has 126 valence electrons. The van der Waals surface area contributed by atoms with Crippen molar-refractivity contribution in [2.75, 3.05) is 0 Å². The molecule has 0 N–H and O–H groups in total. The van der Waals surface area contributed by atoms with Gasteiger partial charge in [-0.25, -0.2) is 0 Å². The molecule has 5 rings (SSSR count). The highest BCUT2D eigenvalue weighted by molar-refractivity contribution is 6.18. The molecular weight excluding hydrogens is 318 g/mol. The van der Waals surface area contributed by atoms with Crippen LogP contribution in [0, 0.1) is 0 Å². The zero-order chi connectivity index (χ0) is 17.3. The molecule has 0 saturated carbocycles. The van der Waals surface area contributed by atoms with Crippen molar-refractivity contribution >= 4 is 11.4 Å². The predicted octanol–water partition coefficient (Wildman–Crippen LogP) is 4.15. The highest BCUT2D eigenvalue weighted by atomic mass is 15.4. The van der Waals surface area contributed by atoms with Crippen LogP contribution in [-0.4, -0.2) is 28.4 Å². The summed E-state index contributed by atoms with van der Waals surface area (Å²) in [6, 6.07) is 32.0. The standard InChI is InChI=1S/C23H19N3/c1-4-10-17(11-5-1)16-26-22-20(18-12-6-2-7-13-18)24-25-21(23(22)26)19-14-8-3-9-15-19/h1-15,22-23H,16H2/t22-,23-/m0/s1. The van der Waals surface area contributed by atoms with Gasteiger partial charge in [-0.1, -0.05) is 91.0 Å². The van der Waals surface area contributed by atoms with Crippen LogP contribution >= 0.6 is 0 Å². The maximum atomic E-state index is 4.64. The first-order valence-corrected chi connectivity index (χ1v) is 8.98. The zero-order valence-electron chi connectivity index (χ0n) is 14.4. The van der Waals surface area contributed by atoms with Crippen molar-refractivity contribution in [1.82, 2.24) is 4.90 Å². The summed E-state index contributed by atoms with van der Waals surface area (Å²) in [6.45, 7) is 0.911. The van der Waals surface area contributed by atoms with Gasteiger partial charge in [-0.15, -0.1) is 0 Å². The highest BCUT2D eigenvalue weighted by Gasteiger charge is 2.55. The first-order chi connectivity index (χ1) is 12.9. The molecule has 3 nitrogen and oxygen atoms in total. The molecule has 0 aliphatic carbocycles. The van der Waals surface area contributed by atoms with Gasteiger partial charge in [0.05, 0.1) is 23.5 Å². The van der Waals surface area contributed by atoms with Gasteiger partial charge in [-0.05, 0) is 16.7 Å². The lowest BCUT2D eigenvalue weighted by Crippen LogP contribution is -2.22.